The third kappa shape index (κ3) is 3.13. The number of benzene rings is 2. The predicted octanol–water partition coefficient (Wildman–Crippen LogP) is 3.40. The molecule has 1 aliphatic heterocycles. The van der Waals surface area contributed by atoms with E-state index in [2.05, 4.69) is 10.1 Å². The maximum Gasteiger partial charge on any atom is 0.356 e. The van der Waals surface area contributed by atoms with Crippen molar-refractivity contribution in [1.82, 2.24) is 19.3 Å². The SMILES string of the molecule is COc1ccc(Cn2ncc3c2-c2cc(OC)ccc2-n2cnc(C(=O)O)c2C3)cc1. The lowest BCUT2D eigenvalue weighted by Gasteiger charge is -2.14. The van der Waals surface area contributed by atoms with E-state index in [-0.39, 0.29) is 5.69 Å². The van der Waals surface area contributed by atoms with Crippen LogP contribution in [-0.2, 0) is 13.0 Å². The summed E-state index contributed by atoms with van der Waals surface area (Å²) in [6.45, 7) is 0.564. The molecule has 0 amide bonds. The Morgan fingerprint density at radius 1 is 1.10 bits per heavy atom. The second kappa shape index (κ2) is 7.32. The van der Waals surface area contributed by atoms with Crippen LogP contribution < -0.4 is 9.47 Å². The van der Waals surface area contributed by atoms with E-state index >= 15 is 0 Å². The summed E-state index contributed by atoms with van der Waals surface area (Å²) in [6, 6.07) is 13.6. The molecule has 0 fully saturated rings. The zero-order chi connectivity index (χ0) is 21.5. The fourth-order valence-corrected chi connectivity index (χ4v) is 4.04. The molecule has 8 nitrogen and oxygen atoms in total. The van der Waals surface area contributed by atoms with Gasteiger partial charge in [0.05, 0.1) is 44.0 Å². The zero-order valence-electron chi connectivity index (χ0n) is 17.1. The van der Waals surface area contributed by atoms with Crippen LogP contribution >= 0.6 is 0 Å². The molecule has 0 aliphatic carbocycles. The van der Waals surface area contributed by atoms with Gasteiger partial charge < -0.3 is 19.1 Å². The summed E-state index contributed by atoms with van der Waals surface area (Å²) in [5, 5.41) is 14.2. The molecule has 0 radical (unpaired) electrons. The minimum absolute atomic E-state index is 0.0533. The number of methoxy groups -OCH3 is 2. The molecule has 2 aromatic heterocycles. The topological polar surface area (TPSA) is 91.4 Å². The molecule has 3 heterocycles. The van der Waals surface area contributed by atoms with Crippen LogP contribution in [0.2, 0.25) is 0 Å². The largest absolute Gasteiger partial charge is 0.497 e. The molecule has 2 aromatic carbocycles. The van der Waals surface area contributed by atoms with Crippen LogP contribution in [0.5, 0.6) is 11.5 Å². The number of imidazole rings is 1. The van der Waals surface area contributed by atoms with Crippen molar-refractivity contribution >= 4 is 5.97 Å². The third-order valence-corrected chi connectivity index (χ3v) is 5.55. The summed E-state index contributed by atoms with van der Waals surface area (Å²) in [6.07, 6.45) is 3.78. The van der Waals surface area contributed by atoms with Gasteiger partial charge in [0, 0.05) is 17.5 Å². The number of ether oxygens (including phenoxy) is 2. The van der Waals surface area contributed by atoms with E-state index in [0.717, 1.165) is 33.8 Å². The van der Waals surface area contributed by atoms with Gasteiger partial charge in [-0.05, 0) is 35.9 Å². The molecule has 0 bridgehead atoms. The van der Waals surface area contributed by atoms with Gasteiger partial charge >= 0.3 is 5.97 Å². The molecular formula is C23H20N4O4. The van der Waals surface area contributed by atoms with Gasteiger partial charge in [-0.1, -0.05) is 12.1 Å². The Kier molecular flexibility index (Phi) is 4.47. The number of carbonyl (C=O) groups is 1. The number of hydrogen-bond acceptors (Lipinski definition) is 5. The zero-order valence-corrected chi connectivity index (χ0v) is 17.1. The first kappa shape index (κ1) is 18.9. The number of fused-ring (bicyclic) bond motifs is 5. The van der Waals surface area contributed by atoms with Crippen molar-refractivity contribution in [2.45, 2.75) is 13.0 Å². The third-order valence-electron chi connectivity index (χ3n) is 5.55. The Labute approximate surface area is 178 Å². The van der Waals surface area contributed by atoms with Crippen molar-refractivity contribution in [1.29, 1.82) is 0 Å². The van der Waals surface area contributed by atoms with Crippen LogP contribution in [0, 0.1) is 0 Å². The van der Waals surface area contributed by atoms with E-state index in [0.29, 0.717) is 24.4 Å². The lowest BCUT2D eigenvalue weighted by Crippen LogP contribution is -2.06. The average molecular weight is 416 g/mol. The summed E-state index contributed by atoms with van der Waals surface area (Å²) in [5.41, 5.74) is 5.38. The van der Waals surface area contributed by atoms with E-state index in [9.17, 15) is 9.90 Å². The minimum Gasteiger partial charge on any atom is -0.497 e. The Bertz CT molecular complexity index is 1290. The van der Waals surface area contributed by atoms with Gasteiger partial charge in [-0.25, -0.2) is 9.78 Å². The first-order chi connectivity index (χ1) is 15.1. The molecule has 0 saturated carbocycles. The van der Waals surface area contributed by atoms with Crippen LogP contribution in [0.25, 0.3) is 16.9 Å². The number of carboxylic acid groups (broad SMARTS) is 1. The van der Waals surface area contributed by atoms with Crippen LogP contribution in [0.3, 0.4) is 0 Å². The van der Waals surface area contributed by atoms with E-state index in [1.54, 1.807) is 26.7 Å². The monoisotopic (exact) mass is 416 g/mol. The highest BCUT2D eigenvalue weighted by atomic mass is 16.5. The highest BCUT2D eigenvalue weighted by molar-refractivity contribution is 5.88. The summed E-state index contributed by atoms with van der Waals surface area (Å²) in [5.74, 6) is 0.466. The summed E-state index contributed by atoms with van der Waals surface area (Å²) in [7, 11) is 3.27. The Hall–Kier alpha value is -4.07. The highest BCUT2D eigenvalue weighted by Crippen LogP contribution is 2.38. The molecule has 4 aromatic rings. The average Bonchev–Trinajstić information content (AvgIpc) is 3.35. The Morgan fingerprint density at radius 3 is 2.55 bits per heavy atom. The van der Waals surface area contributed by atoms with Crippen molar-refractivity contribution in [3.8, 4) is 28.4 Å². The summed E-state index contributed by atoms with van der Waals surface area (Å²) >= 11 is 0. The number of aromatic nitrogens is 4. The van der Waals surface area contributed by atoms with Crippen molar-refractivity contribution < 1.29 is 19.4 Å². The van der Waals surface area contributed by atoms with Crippen molar-refractivity contribution in [2.75, 3.05) is 14.2 Å². The molecule has 0 atom stereocenters. The van der Waals surface area contributed by atoms with Gasteiger partial charge in [0.1, 0.15) is 17.8 Å². The smallest absolute Gasteiger partial charge is 0.356 e. The van der Waals surface area contributed by atoms with Gasteiger partial charge in [0.25, 0.3) is 0 Å². The second-order valence-corrected chi connectivity index (χ2v) is 7.30. The maximum atomic E-state index is 11.7. The van der Waals surface area contributed by atoms with Crippen molar-refractivity contribution in [2.24, 2.45) is 0 Å². The number of hydrogen-bond donors (Lipinski definition) is 1. The van der Waals surface area contributed by atoms with E-state index in [1.165, 1.54) is 0 Å². The van der Waals surface area contributed by atoms with Crippen LogP contribution in [-0.4, -0.2) is 44.6 Å². The molecule has 1 aliphatic rings. The second-order valence-electron chi connectivity index (χ2n) is 7.30. The number of rotatable bonds is 5. The quantitative estimate of drug-likeness (QED) is 0.472. The van der Waals surface area contributed by atoms with E-state index in [1.807, 2.05) is 51.7 Å². The van der Waals surface area contributed by atoms with Crippen LogP contribution in [0.4, 0.5) is 0 Å². The van der Waals surface area contributed by atoms with Gasteiger partial charge in [0.2, 0.25) is 0 Å². The minimum atomic E-state index is -1.04. The maximum absolute atomic E-state index is 11.7. The van der Waals surface area contributed by atoms with Crippen LogP contribution in [0.1, 0.15) is 27.3 Å². The number of nitrogens with zero attached hydrogens (tertiary/aromatic N) is 4. The summed E-state index contributed by atoms with van der Waals surface area (Å²) < 4.78 is 14.5. The number of carboxylic acids is 1. The molecule has 5 rings (SSSR count). The first-order valence-electron chi connectivity index (χ1n) is 9.75. The molecule has 156 valence electrons. The van der Waals surface area contributed by atoms with E-state index in [4.69, 9.17) is 9.47 Å². The molecule has 0 spiro atoms. The Balaban J connectivity index is 1.68. The molecule has 1 N–H and O–H groups in total. The molecule has 0 saturated heterocycles. The standard InChI is InChI=1S/C23H20N4O4/c1-30-16-5-3-14(4-6-16)12-27-22-15(11-25-27)9-20-21(23(28)29)24-13-26(20)19-8-7-17(31-2)10-18(19)22/h3-8,10-11,13H,9,12H2,1-2H3,(H,28,29). The molecule has 8 heteroatoms. The number of aromatic carboxylic acids is 1. The molecular weight excluding hydrogens is 396 g/mol. The molecule has 31 heavy (non-hydrogen) atoms. The Morgan fingerprint density at radius 2 is 1.84 bits per heavy atom. The van der Waals surface area contributed by atoms with Gasteiger partial charge in [0.15, 0.2) is 5.69 Å². The lowest BCUT2D eigenvalue weighted by atomic mass is 10.0. The fourth-order valence-electron chi connectivity index (χ4n) is 4.04. The highest BCUT2D eigenvalue weighted by Gasteiger charge is 2.28. The summed E-state index contributed by atoms with van der Waals surface area (Å²) in [4.78, 5) is 15.9. The van der Waals surface area contributed by atoms with Gasteiger partial charge in [-0.2, -0.15) is 5.10 Å². The van der Waals surface area contributed by atoms with Gasteiger partial charge in [-0.15, -0.1) is 0 Å². The first-order valence-corrected chi connectivity index (χ1v) is 9.75. The predicted molar refractivity (Wildman–Crippen MR) is 113 cm³/mol. The lowest BCUT2D eigenvalue weighted by molar-refractivity contribution is 0.0690. The van der Waals surface area contributed by atoms with Crippen LogP contribution in [0.15, 0.2) is 55.0 Å². The van der Waals surface area contributed by atoms with Crippen molar-refractivity contribution in [3.63, 3.8) is 0 Å². The normalized spacial score (nSPS) is 11.8. The van der Waals surface area contributed by atoms with Gasteiger partial charge in [-0.3, -0.25) is 4.68 Å². The van der Waals surface area contributed by atoms with E-state index < -0.39 is 5.97 Å². The molecule has 0 unspecified atom stereocenters. The fraction of sp³-hybridized carbons (Fsp3) is 0.174. The van der Waals surface area contributed by atoms with Crippen molar-refractivity contribution in [3.05, 3.63) is 77.5 Å².